The van der Waals surface area contributed by atoms with E-state index in [1.807, 2.05) is 11.8 Å². The average Bonchev–Trinajstić information content (AvgIpc) is 2.28. The molecule has 0 atom stereocenters. The molecule has 0 fully saturated rings. The number of hydrogen-bond donors (Lipinski definition) is 0. The molecule has 0 unspecified atom stereocenters. The molecule has 0 rings (SSSR count). The summed E-state index contributed by atoms with van der Waals surface area (Å²) >= 11 is 3.20. The molecule has 1 amide bonds. The molecule has 0 saturated carbocycles. The van der Waals surface area contributed by atoms with Gasteiger partial charge >= 0.3 is 0 Å². The van der Waals surface area contributed by atoms with E-state index in [2.05, 4.69) is 34.7 Å². The van der Waals surface area contributed by atoms with Crippen LogP contribution >= 0.6 is 15.9 Å². The Morgan fingerprint density at radius 3 is 2.07 bits per heavy atom. The maximum absolute atomic E-state index is 11.4. The SMILES string of the molecule is CCN(CC)CCCN(CC)C(=O)CBr. The van der Waals surface area contributed by atoms with Crippen molar-refractivity contribution in [2.24, 2.45) is 0 Å². The molecule has 0 bridgehead atoms. The normalized spacial score (nSPS) is 10.7. The van der Waals surface area contributed by atoms with Gasteiger partial charge in [-0.3, -0.25) is 4.79 Å². The summed E-state index contributed by atoms with van der Waals surface area (Å²) in [7, 11) is 0. The second-order valence-corrected chi connectivity index (χ2v) is 4.05. The summed E-state index contributed by atoms with van der Waals surface area (Å²) in [5.41, 5.74) is 0. The Morgan fingerprint density at radius 1 is 1.07 bits per heavy atom. The Bertz CT molecular complexity index is 172. The van der Waals surface area contributed by atoms with Gasteiger partial charge in [0.25, 0.3) is 0 Å². The van der Waals surface area contributed by atoms with Gasteiger partial charge in [-0.1, -0.05) is 29.8 Å². The van der Waals surface area contributed by atoms with Gasteiger partial charge in [-0.2, -0.15) is 0 Å². The molecule has 0 aliphatic carbocycles. The van der Waals surface area contributed by atoms with Crippen molar-refractivity contribution in [2.45, 2.75) is 27.2 Å². The fraction of sp³-hybridized carbons (Fsp3) is 0.909. The van der Waals surface area contributed by atoms with E-state index in [9.17, 15) is 4.79 Å². The molecule has 90 valence electrons. The first-order valence-electron chi connectivity index (χ1n) is 5.75. The van der Waals surface area contributed by atoms with Crippen molar-refractivity contribution in [3.63, 3.8) is 0 Å². The van der Waals surface area contributed by atoms with Crippen LogP contribution in [0.25, 0.3) is 0 Å². The van der Waals surface area contributed by atoms with Crippen LogP contribution in [0.4, 0.5) is 0 Å². The molecule has 0 heterocycles. The minimum absolute atomic E-state index is 0.192. The maximum Gasteiger partial charge on any atom is 0.233 e. The number of rotatable bonds is 8. The lowest BCUT2D eigenvalue weighted by molar-refractivity contribution is -0.128. The van der Waals surface area contributed by atoms with Crippen molar-refractivity contribution in [2.75, 3.05) is 38.1 Å². The number of carbonyl (C=O) groups excluding carboxylic acids is 1. The molecular formula is C11H23BrN2O. The number of carbonyl (C=O) groups is 1. The van der Waals surface area contributed by atoms with Crippen LogP contribution in [0.15, 0.2) is 0 Å². The Labute approximate surface area is 102 Å². The van der Waals surface area contributed by atoms with E-state index in [4.69, 9.17) is 0 Å². The first kappa shape index (κ1) is 14.9. The Balaban J connectivity index is 3.76. The lowest BCUT2D eigenvalue weighted by Gasteiger charge is -2.23. The molecule has 0 aromatic rings. The quantitative estimate of drug-likeness (QED) is 0.634. The largest absolute Gasteiger partial charge is 0.342 e. The van der Waals surface area contributed by atoms with Crippen molar-refractivity contribution in [3.05, 3.63) is 0 Å². The highest BCUT2D eigenvalue weighted by Gasteiger charge is 2.09. The van der Waals surface area contributed by atoms with Crippen molar-refractivity contribution >= 4 is 21.8 Å². The summed E-state index contributed by atoms with van der Waals surface area (Å²) in [5, 5.41) is 0.437. The van der Waals surface area contributed by atoms with Crippen molar-refractivity contribution in [1.82, 2.24) is 9.80 Å². The fourth-order valence-corrected chi connectivity index (χ4v) is 1.92. The molecule has 0 saturated heterocycles. The van der Waals surface area contributed by atoms with Crippen molar-refractivity contribution in [3.8, 4) is 0 Å². The second-order valence-electron chi connectivity index (χ2n) is 3.49. The zero-order valence-corrected chi connectivity index (χ0v) is 11.7. The molecule has 0 aliphatic rings. The van der Waals surface area contributed by atoms with E-state index in [1.165, 1.54) is 0 Å². The van der Waals surface area contributed by atoms with Crippen LogP contribution in [0.3, 0.4) is 0 Å². The van der Waals surface area contributed by atoms with E-state index >= 15 is 0 Å². The van der Waals surface area contributed by atoms with Crippen LogP contribution in [0.1, 0.15) is 27.2 Å². The van der Waals surface area contributed by atoms with Crippen LogP contribution in [-0.2, 0) is 4.79 Å². The molecule has 4 heteroatoms. The summed E-state index contributed by atoms with van der Waals surface area (Å²) < 4.78 is 0. The van der Waals surface area contributed by atoms with E-state index in [0.29, 0.717) is 5.33 Å². The average molecular weight is 279 g/mol. The molecule has 0 aromatic heterocycles. The summed E-state index contributed by atoms with van der Waals surface area (Å²) in [4.78, 5) is 15.7. The molecule has 15 heavy (non-hydrogen) atoms. The van der Waals surface area contributed by atoms with E-state index in [0.717, 1.165) is 39.1 Å². The van der Waals surface area contributed by atoms with E-state index in [1.54, 1.807) is 0 Å². The first-order valence-corrected chi connectivity index (χ1v) is 6.87. The third kappa shape index (κ3) is 6.15. The molecule has 0 spiro atoms. The standard InChI is InChI=1S/C11H23BrN2O/c1-4-13(5-2)8-7-9-14(6-3)11(15)10-12/h4-10H2,1-3H3. The summed E-state index contributed by atoms with van der Waals surface area (Å²) in [6.45, 7) is 11.3. The van der Waals surface area contributed by atoms with Gasteiger partial charge < -0.3 is 9.80 Å². The van der Waals surface area contributed by atoms with Crippen LogP contribution in [-0.4, -0.2) is 53.8 Å². The first-order chi connectivity index (χ1) is 7.19. The summed E-state index contributed by atoms with van der Waals surface area (Å²) in [5.74, 6) is 0.192. The van der Waals surface area contributed by atoms with E-state index < -0.39 is 0 Å². The van der Waals surface area contributed by atoms with Gasteiger partial charge in [0.1, 0.15) is 0 Å². The van der Waals surface area contributed by atoms with Gasteiger partial charge in [0.2, 0.25) is 5.91 Å². The van der Waals surface area contributed by atoms with Crippen LogP contribution in [0, 0.1) is 0 Å². The maximum atomic E-state index is 11.4. The van der Waals surface area contributed by atoms with Crippen LogP contribution < -0.4 is 0 Å². The Hall–Kier alpha value is -0.0900. The molecule has 3 nitrogen and oxygen atoms in total. The number of halogens is 1. The lowest BCUT2D eigenvalue weighted by Crippen LogP contribution is -2.34. The van der Waals surface area contributed by atoms with Crippen LogP contribution in [0.2, 0.25) is 0 Å². The summed E-state index contributed by atoms with van der Waals surface area (Å²) in [6, 6.07) is 0. The van der Waals surface area contributed by atoms with Gasteiger partial charge in [-0.25, -0.2) is 0 Å². The highest BCUT2D eigenvalue weighted by molar-refractivity contribution is 9.09. The predicted octanol–water partition coefficient (Wildman–Crippen LogP) is 1.96. The lowest BCUT2D eigenvalue weighted by atomic mass is 10.3. The highest BCUT2D eigenvalue weighted by atomic mass is 79.9. The van der Waals surface area contributed by atoms with Gasteiger partial charge in [-0.05, 0) is 33.0 Å². The molecule has 0 N–H and O–H groups in total. The number of nitrogens with zero attached hydrogens (tertiary/aromatic N) is 2. The van der Waals surface area contributed by atoms with Crippen molar-refractivity contribution < 1.29 is 4.79 Å². The fourth-order valence-electron chi connectivity index (χ4n) is 1.57. The van der Waals surface area contributed by atoms with Gasteiger partial charge in [0, 0.05) is 13.1 Å². The summed E-state index contributed by atoms with van der Waals surface area (Å²) in [6.07, 6.45) is 1.06. The third-order valence-corrected chi connectivity index (χ3v) is 3.13. The van der Waals surface area contributed by atoms with Gasteiger partial charge in [-0.15, -0.1) is 0 Å². The predicted molar refractivity (Wildman–Crippen MR) is 68.5 cm³/mol. The Kier molecular flexibility index (Phi) is 9.10. The zero-order chi connectivity index (χ0) is 11.7. The molecule has 0 radical (unpaired) electrons. The molecule has 0 aliphatic heterocycles. The second kappa shape index (κ2) is 9.16. The monoisotopic (exact) mass is 278 g/mol. The number of hydrogen-bond acceptors (Lipinski definition) is 2. The van der Waals surface area contributed by atoms with Gasteiger partial charge in [0.05, 0.1) is 5.33 Å². The topological polar surface area (TPSA) is 23.6 Å². The van der Waals surface area contributed by atoms with E-state index in [-0.39, 0.29) is 5.91 Å². The zero-order valence-electron chi connectivity index (χ0n) is 10.1. The Morgan fingerprint density at radius 2 is 1.67 bits per heavy atom. The van der Waals surface area contributed by atoms with Crippen molar-refractivity contribution in [1.29, 1.82) is 0 Å². The molecular weight excluding hydrogens is 256 g/mol. The number of amides is 1. The highest BCUT2D eigenvalue weighted by Crippen LogP contribution is 1.98. The molecule has 0 aromatic carbocycles. The van der Waals surface area contributed by atoms with Crippen LogP contribution in [0.5, 0.6) is 0 Å². The minimum atomic E-state index is 0.192. The van der Waals surface area contributed by atoms with Gasteiger partial charge in [0.15, 0.2) is 0 Å². The smallest absolute Gasteiger partial charge is 0.233 e. The third-order valence-electron chi connectivity index (χ3n) is 2.65. The number of alkyl halides is 1. The minimum Gasteiger partial charge on any atom is -0.342 e.